The molecule has 92 valence electrons. The molecule has 17 heavy (non-hydrogen) atoms. The molecule has 0 aromatic carbocycles. The molecule has 1 aromatic heterocycles. The van der Waals surface area contributed by atoms with E-state index in [0.717, 1.165) is 31.1 Å². The lowest BCUT2D eigenvalue weighted by atomic mass is 10.3. The highest BCUT2D eigenvalue weighted by Crippen LogP contribution is 2.16. The van der Waals surface area contributed by atoms with Crippen LogP contribution in [-0.4, -0.2) is 42.6 Å². The largest absolute Gasteiger partial charge is 0.373 e. The third kappa shape index (κ3) is 2.83. The first kappa shape index (κ1) is 11.6. The second-order valence-corrected chi connectivity index (χ2v) is 4.03. The van der Waals surface area contributed by atoms with Gasteiger partial charge in [0.2, 0.25) is 5.91 Å². The molecule has 1 amide bonds. The molecular weight excluding hydrogens is 218 g/mol. The predicted molar refractivity (Wildman–Crippen MR) is 66.2 cm³/mol. The molecule has 2 N–H and O–H groups in total. The summed E-state index contributed by atoms with van der Waals surface area (Å²) < 4.78 is 0. The molecule has 1 aliphatic rings. The van der Waals surface area contributed by atoms with Crippen molar-refractivity contribution < 1.29 is 4.79 Å². The molecule has 1 saturated heterocycles. The highest BCUT2D eigenvalue weighted by atomic mass is 16.2. The van der Waals surface area contributed by atoms with Crippen molar-refractivity contribution in [2.75, 3.05) is 36.9 Å². The summed E-state index contributed by atoms with van der Waals surface area (Å²) in [5.74, 6) is 2.33. The van der Waals surface area contributed by atoms with Gasteiger partial charge in [0.1, 0.15) is 17.5 Å². The number of aryl methyl sites for hydroxylation is 1. The van der Waals surface area contributed by atoms with Gasteiger partial charge in [0.25, 0.3) is 0 Å². The van der Waals surface area contributed by atoms with E-state index in [4.69, 9.17) is 0 Å². The number of rotatable bonds is 2. The molecule has 1 aliphatic heterocycles. The van der Waals surface area contributed by atoms with E-state index in [9.17, 15) is 4.79 Å². The van der Waals surface area contributed by atoms with E-state index >= 15 is 0 Å². The second-order valence-electron chi connectivity index (χ2n) is 4.03. The van der Waals surface area contributed by atoms with Crippen LogP contribution < -0.4 is 15.5 Å². The van der Waals surface area contributed by atoms with Crippen LogP contribution in [0.5, 0.6) is 0 Å². The van der Waals surface area contributed by atoms with Crippen LogP contribution in [0.25, 0.3) is 0 Å². The summed E-state index contributed by atoms with van der Waals surface area (Å²) in [6, 6.07) is 1.87. The van der Waals surface area contributed by atoms with Crippen LogP contribution in [0.1, 0.15) is 12.2 Å². The van der Waals surface area contributed by atoms with E-state index in [1.165, 1.54) is 0 Å². The minimum Gasteiger partial charge on any atom is -0.373 e. The van der Waals surface area contributed by atoms with E-state index in [1.807, 2.05) is 24.9 Å². The minimum atomic E-state index is 0.0461. The van der Waals surface area contributed by atoms with E-state index < -0.39 is 0 Å². The van der Waals surface area contributed by atoms with Crippen molar-refractivity contribution in [3.05, 3.63) is 11.9 Å². The highest BCUT2D eigenvalue weighted by Gasteiger charge is 2.16. The normalized spacial score (nSPS) is 16.4. The van der Waals surface area contributed by atoms with Gasteiger partial charge in [-0.15, -0.1) is 0 Å². The summed E-state index contributed by atoms with van der Waals surface area (Å²) in [4.78, 5) is 22.1. The van der Waals surface area contributed by atoms with Crippen LogP contribution in [0.15, 0.2) is 6.07 Å². The monoisotopic (exact) mass is 235 g/mol. The molecule has 0 aliphatic carbocycles. The molecule has 6 heteroatoms. The topological polar surface area (TPSA) is 70.2 Å². The number of carbonyl (C=O) groups is 1. The zero-order valence-electron chi connectivity index (χ0n) is 10.2. The molecule has 1 fully saturated rings. The van der Waals surface area contributed by atoms with Gasteiger partial charge >= 0.3 is 0 Å². The fourth-order valence-electron chi connectivity index (χ4n) is 1.84. The number of nitrogens with zero attached hydrogens (tertiary/aromatic N) is 3. The third-order valence-corrected chi connectivity index (χ3v) is 2.67. The van der Waals surface area contributed by atoms with Crippen molar-refractivity contribution >= 4 is 17.5 Å². The van der Waals surface area contributed by atoms with E-state index in [-0.39, 0.29) is 5.91 Å². The smallest absolute Gasteiger partial charge is 0.239 e. The second kappa shape index (κ2) is 4.99. The van der Waals surface area contributed by atoms with Crippen LogP contribution in [0.3, 0.4) is 0 Å². The van der Waals surface area contributed by atoms with Gasteiger partial charge < -0.3 is 15.5 Å². The van der Waals surface area contributed by atoms with Gasteiger partial charge in [0, 0.05) is 26.2 Å². The van der Waals surface area contributed by atoms with Gasteiger partial charge in [0.15, 0.2) is 0 Å². The van der Waals surface area contributed by atoms with Crippen molar-refractivity contribution in [3.63, 3.8) is 0 Å². The molecule has 0 radical (unpaired) electrons. The number of aromatic nitrogens is 2. The van der Waals surface area contributed by atoms with Gasteiger partial charge in [0.05, 0.1) is 6.54 Å². The van der Waals surface area contributed by atoms with Crippen molar-refractivity contribution in [1.82, 2.24) is 15.3 Å². The standard InChI is InChI=1S/C11H17N5O/c1-8-14-9(12-2)6-10(15-8)16-5-3-4-13-11(17)7-16/h6H,3-5,7H2,1-2H3,(H,13,17)(H,12,14,15). The zero-order valence-corrected chi connectivity index (χ0v) is 10.2. The molecular formula is C11H17N5O. The summed E-state index contributed by atoms with van der Waals surface area (Å²) in [7, 11) is 1.82. The number of amides is 1. The lowest BCUT2D eigenvalue weighted by molar-refractivity contribution is -0.119. The van der Waals surface area contributed by atoms with Crippen molar-refractivity contribution in [3.8, 4) is 0 Å². The predicted octanol–water partition coefficient (Wildman–Crippen LogP) is 0.153. The third-order valence-electron chi connectivity index (χ3n) is 2.67. The van der Waals surface area contributed by atoms with Crippen molar-refractivity contribution in [2.24, 2.45) is 0 Å². The molecule has 1 aromatic rings. The van der Waals surface area contributed by atoms with Crippen molar-refractivity contribution in [2.45, 2.75) is 13.3 Å². The maximum atomic E-state index is 11.5. The number of nitrogens with one attached hydrogen (secondary N) is 2. The molecule has 0 bridgehead atoms. The average Bonchev–Trinajstić information content (AvgIpc) is 2.53. The molecule has 0 spiro atoms. The minimum absolute atomic E-state index is 0.0461. The Labute approximate surface area is 100 Å². The quantitative estimate of drug-likeness (QED) is 0.763. The van der Waals surface area contributed by atoms with Crippen LogP contribution in [0, 0.1) is 6.92 Å². The fourth-order valence-corrected chi connectivity index (χ4v) is 1.84. The summed E-state index contributed by atoms with van der Waals surface area (Å²) in [5, 5.41) is 5.84. The maximum absolute atomic E-state index is 11.5. The van der Waals surface area contributed by atoms with Crippen LogP contribution in [0.4, 0.5) is 11.6 Å². The van der Waals surface area contributed by atoms with Crippen LogP contribution >= 0.6 is 0 Å². The summed E-state index contributed by atoms with van der Waals surface area (Å²) in [6.45, 7) is 3.78. The Hall–Kier alpha value is -1.85. The molecule has 0 unspecified atom stereocenters. The number of anilines is 2. The van der Waals surface area contributed by atoms with Gasteiger partial charge in [-0.25, -0.2) is 9.97 Å². The van der Waals surface area contributed by atoms with Gasteiger partial charge in [-0.2, -0.15) is 0 Å². The fraction of sp³-hybridized carbons (Fsp3) is 0.545. The Bertz CT molecular complexity index is 420. The Morgan fingerprint density at radius 2 is 2.29 bits per heavy atom. The molecule has 2 heterocycles. The Balaban J connectivity index is 2.25. The van der Waals surface area contributed by atoms with Crippen LogP contribution in [0.2, 0.25) is 0 Å². The summed E-state index contributed by atoms with van der Waals surface area (Å²) in [5.41, 5.74) is 0. The lowest BCUT2D eigenvalue weighted by Crippen LogP contribution is -2.33. The Morgan fingerprint density at radius 1 is 1.47 bits per heavy atom. The van der Waals surface area contributed by atoms with E-state index in [2.05, 4.69) is 20.6 Å². The van der Waals surface area contributed by atoms with Gasteiger partial charge in [-0.1, -0.05) is 0 Å². The number of carbonyl (C=O) groups excluding carboxylic acids is 1. The molecule has 0 saturated carbocycles. The Kier molecular flexibility index (Phi) is 3.41. The first-order valence-electron chi connectivity index (χ1n) is 5.74. The van der Waals surface area contributed by atoms with Crippen LogP contribution in [-0.2, 0) is 4.79 Å². The lowest BCUT2D eigenvalue weighted by Gasteiger charge is -2.20. The van der Waals surface area contributed by atoms with Gasteiger partial charge in [-0.05, 0) is 13.3 Å². The first-order chi connectivity index (χ1) is 8.19. The summed E-state index contributed by atoms with van der Waals surface area (Å²) in [6.07, 6.45) is 0.934. The van der Waals surface area contributed by atoms with Crippen molar-refractivity contribution in [1.29, 1.82) is 0 Å². The molecule has 6 nitrogen and oxygen atoms in total. The zero-order chi connectivity index (χ0) is 12.3. The first-order valence-corrected chi connectivity index (χ1v) is 5.74. The SMILES string of the molecule is CNc1cc(N2CCCNC(=O)C2)nc(C)n1. The molecule has 0 atom stereocenters. The highest BCUT2D eigenvalue weighted by molar-refractivity contribution is 5.81. The summed E-state index contributed by atoms with van der Waals surface area (Å²) >= 11 is 0. The van der Waals surface area contributed by atoms with Gasteiger partial charge in [-0.3, -0.25) is 4.79 Å². The average molecular weight is 235 g/mol. The van der Waals surface area contributed by atoms with E-state index in [0.29, 0.717) is 12.4 Å². The Morgan fingerprint density at radius 3 is 3.06 bits per heavy atom. The van der Waals surface area contributed by atoms with E-state index in [1.54, 1.807) is 0 Å². The number of hydrogen-bond acceptors (Lipinski definition) is 5. The maximum Gasteiger partial charge on any atom is 0.239 e. The number of hydrogen-bond donors (Lipinski definition) is 2. The molecule has 2 rings (SSSR count).